The number of anilines is 1. The Hall–Kier alpha value is -1.83. The molecular weight excluding hydrogens is 225 g/mol. The fraction of sp³-hybridized carbons (Fsp3) is 0.250. The maximum Gasteiger partial charge on any atom is 0.125 e. The second-order valence-corrected chi connectivity index (χ2v) is 4.54. The van der Waals surface area contributed by atoms with Crippen LogP contribution in [0.15, 0.2) is 42.5 Å². The highest BCUT2D eigenvalue weighted by Gasteiger charge is 1.98. The van der Waals surface area contributed by atoms with Crippen molar-refractivity contribution >= 4 is 5.69 Å². The monoisotopic (exact) mass is 243 g/mol. The quantitative estimate of drug-likeness (QED) is 0.843. The molecule has 0 radical (unpaired) electrons. The molecule has 0 spiro atoms. The fourth-order valence-corrected chi connectivity index (χ4v) is 1.94. The van der Waals surface area contributed by atoms with Gasteiger partial charge in [-0.05, 0) is 48.2 Å². The third-order valence-electron chi connectivity index (χ3n) is 2.97. The number of nitrogens with one attached hydrogen (secondary N) is 1. The van der Waals surface area contributed by atoms with E-state index in [2.05, 4.69) is 36.5 Å². The molecule has 2 heteroatoms. The van der Waals surface area contributed by atoms with Crippen LogP contribution < -0.4 is 5.32 Å². The molecule has 2 aromatic rings. The van der Waals surface area contributed by atoms with Crippen molar-refractivity contribution < 1.29 is 4.39 Å². The summed E-state index contributed by atoms with van der Waals surface area (Å²) in [7, 11) is 0. The molecule has 0 fully saturated rings. The van der Waals surface area contributed by atoms with Gasteiger partial charge in [-0.25, -0.2) is 4.39 Å². The van der Waals surface area contributed by atoms with Crippen LogP contribution >= 0.6 is 0 Å². The van der Waals surface area contributed by atoms with Crippen LogP contribution in [0.1, 0.15) is 23.6 Å². The zero-order valence-electron chi connectivity index (χ0n) is 10.8. The third-order valence-corrected chi connectivity index (χ3v) is 2.97. The summed E-state index contributed by atoms with van der Waals surface area (Å²) in [5, 5.41) is 3.24. The van der Waals surface area contributed by atoms with E-state index in [1.165, 1.54) is 23.3 Å². The topological polar surface area (TPSA) is 12.0 Å². The molecule has 2 rings (SSSR count). The van der Waals surface area contributed by atoms with Gasteiger partial charge in [-0.3, -0.25) is 0 Å². The smallest absolute Gasteiger partial charge is 0.125 e. The molecule has 0 bridgehead atoms. The van der Waals surface area contributed by atoms with E-state index in [0.717, 1.165) is 17.7 Å². The number of halogens is 1. The number of benzene rings is 2. The van der Waals surface area contributed by atoms with Crippen molar-refractivity contribution in [2.75, 3.05) is 5.32 Å². The van der Waals surface area contributed by atoms with Gasteiger partial charge in [-0.2, -0.15) is 0 Å². The molecule has 94 valence electrons. The molecule has 0 aliphatic rings. The lowest BCUT2D eigenvalue weighted by molar-refractivity contribution is 0.627. The summed E-state index contributed by atoms with van der Waals surface area (Å²) in [6.45, 7) is 4.75. The van der Waals surface area contributed by atoms with Crippen LogP contribution in [-0.4, -0.2) is 0 Å². The first-order chi connectivity index (χ1) is 8.67. The van der Waals surface area contributed by atoms with Crippen molar-refractivity contribution in [2.24, 2.45) is 0 Å². The molecule has 0 heterocycles. The predicted molar refractivity (Wildman–Crippen MR) is 74.3 cm³/mol. The van der Waals surface area contributed by atoms with E-state index < -0.39 is 0 Å². The SMILES string of the molecule is CCc1ccc(CNc2cc(C)cc(F)c2)cc1. The number of hydrogen-bond donors (Lipinski definition) is 1. The van der Waals surface area contributed by atoms with E-state index in [4.69, 9.17) is 0 Å². The lowest BCUT2D eigenvalue weighted by Gasteiger charge is -2.08. The van der Waals surface area contributed by atoms with Crippen molar-refractivity contribution in [3.05, 3.63) is 65.0 Å². The lowest BCUT2D eigenvalue weighted by atomic mass is 10.1. The summed E-state index contributed by atoms with van der Waals surface area (Å²) < 4.78 is 13.2. The van der Waals surface area contributed by atoms with Crippen molar-refractivity contribution in [1.82, 2.24) is 0 Å². The van der Waals surface area contributed by atoms with Crippen molar-refractivity contribution in [3.8, 4) is 0 Å². The predicted octanol–water partition coefficient (Wildman–Crippen LogP) is 4.31. The van der Waals surface area contributed by atoms with Gasteiger partial charge in [0.25, 0.3) is 0 Å². The highest BCUT2D eigenvalue weighted by molar-refractivity contribution is 5.46. The van der Waals surface area contributed by atoms with Crippen molar-refractivity contribution in [1.29, 1.82) is 0 Å². The van der Waals surface area contributed by atoms with Crippen LogP contribution in [0, 0.1) is 12.7 Å². The van der Waals surface area contributed by atoms with Gasteiger partial charge in [-0.1, -0.05) is 31.2 Å². The van der Waals surface area contributed by atoms with Crippen LogP contribution in [0.2, 0.25) is 0 Å². The molecule has 0 atom stereocenters. The average Bonchev–Trinajstić information content (AvgIpc) is 2.36. The maximum atomic E-state index is 13.2. The first-order valence-corrected chi connectivity index (χ1v) is 6.26. The van der Waals surface area contributed by atoms with E-state index >= 15 is 0 Å². The van der Waals surface area contributed by atoms with Crippen LogP contribution in [0.3, 0.4) is 0 Å². The van der Waals surface area contributed by atoms with Gasteiger partial charge < -0.3 is 5.32 Å². The van der Waals surface area contributed by atoms with Gasteiger partial charge in [0.1, 0.15) is 5.82 Å². The second kappa shape index (κ2) is 5.67. The van der Waals surface area contributed by atoms with E-state index in [0.29, 0.717) is 6.54 Å². The van der Waals surface area contributed by atoms with Gasteiger partial charge in [0, 0.05) is 12.2 Å². The van der Waals surface area contributed by atoms with Gasteiger partial charge in [0.15, 0.2) is 0 Å². The summed E-state index contributed by atoms with van der Waals surface area (Å²) in [6, 6.07) is 13.5. The largest absolute Gasteiger partial charge is 0.381 e. The van der Waals surface area contributed by atoms with E-state index in [9.17, 15) is 4.39 Å². The molecule has 18 heavy (non-hydrogen) atoms. The summed E-state index contributed by atoms with van der Waals surface area (Å²) in [5.41, 5.74) is 4.29. The lowest BCUT2D eigenvalue weighted by Crippen LogP contribution is -2.00. The Morgan fingerprint density at radius 1 is 1.00 bits per heavy atom. The normalized spacial score (nSPS) is 10.4. The van der Waals surface area contributed by atoms with Crippen LogP contribution in [0.25, 0.3) is 0 Å². The Balaban J connectivity index is 2.01. The number of hydrogen-bond acceptors (Lipinski definition) is 1. The Morgan fingerprint density at radius 3 is 2.28 bits per heavy atom. The average molecular weight is 243 g/mol. The molecule has 0 aliphatic heterocycles. The van der Waals surface area contributed by atoms with Crippen molar-refractivity contribution in [2.45, 2.75) is 26.8 Å². The highest BCUT2D eigenvalue weighted by Crippen LogP contribution is 2.14. The zero-order valence-corrected chi connectivity index (χ0v) is 10.8. The fourth-order valence-electron chi connectivity index (χ4n) is 1.94. The molecular formula is C16H18FN. The summed E-state index contributed by atoms with van der Waals surface area (Å²) >= 11 is 0. The highest BCUT2D eigenvalue weighted by atomic mass is 19.1. The zero-order chi connectivity index (χ0) is 13.0. The Bertz CT molecular complexity index is 497. The van der Waals surface area contributed by atoms with Crippen molar-refractivity contribution in [3.63, 3.8) is 0 Å². The summed E-state index contributed by atoms with van der Waals surface area (Å²) in [6.07, 6.45) is 1.05. The maximum absolute atomic E-state index is 13.2. The van der Waals surface area contributed by atoms with E-state index in [1.54, 1.807) is 0 Å². The molecule has 0 saturated heterocycles. The summed E-state index contributed by atoms with van der Waals surface area (Å²) in [5.74, 6) is -0.196. The number of rotatable bonds is 4. The molecule has 0 saturated carbocycles. The summed E-state index contributed by atoms with van der Waals surface area (Å²) in [4.78, 5) is 0. The minimum Gasteiger partial charge on any atom is -0.381 e. The first kappa shape index (κ1) is 12.6. The Morgan fingerprint density at radius 2 is 1.67 bits per heavy atom. The minimum absolute atomic E-state index is 0.196. The van der Waals surface area contributed by atoms with Gasteiger partial charge in [0.05, 0.1) is 0 Å². The Kier molecular flexibility index (Phi) is 3.98. The van der Waals surface area contributed by atoms with Crippen LogP contribution in [0.4, 0.5) is 10.1 Å². The van der Waals surface area contributed by atoms with Gasteiger partial charge in [0.2, 0.25) is 0 Å². The van der Waals surface area contributed by atoms with Gasteiger partial charge >= 0.3 is 0 Å². The standard InChI is InChI=1S/C16H18FN/c1-3-13-4-6-14(7-5-13)11-18-16-9-12(2)8-15(17)10-16/h4-10,18H,3,11H2,1-2H3. The van der Waals surface area contributed by atoms with Crippen LogP contribution in [-0.2, 0) is 13.0 Å². The molecule has 0 unspecified atom stereocenters. The molecule has 0 aromatic heterocycles. The molecule has 0 aliphatic carbocycles. The molecule has 2 aromatic carbocycles. The second-order valence-electron chi connectivity index (χ2n) is 4.54. The third kappa shape index (κ3) is 3.33. The minimum atomic E-state index is -0.196. The number of aryl methyl sites for hydroxylation is 2. The molecule has 0 amide bonds. The Labute approximate surface area is 108 Å². The molecule has 1 N–H and O–H groups in total. The first-order valence-electron chi connectivity index (χ1n) is 6.26. The van der Waals surface area contributed by atoms with E-state index in [1.807, 2.05) is 13.0 Å². The van der Waals surface area contributed by atoms with E-state index in [-0.39, 0.29) is 5.82 Å². The van der Waals surface area contributed by atoms with Crippen LogP contribution in [0.5, 0.6) is 0 Å². The van der Waals surface area contributed by atoms with Gasteiger partial charge in [-0.15, -0.1) is 0 Å². The molecule has 1 nitrogen and oxygen atoms in total.